The number of amides is 2. The summed E-state index contributed by atoms with van der Waals surface area (Å²) in [6, 6.07) is 10.4. The van der Waals surface area contributed by atoms with Crippen LogP contribution in [0.1, 0.15) is 43.7 Å². The first-order valence-electron chi connectivity index (χ1n) is 10.3. The third-order valence-electron chi connectivity index (χ3n) is 6.59. The van der Waals surface area contributed by atoms with Gasteiger partial charge in [0.2, 0.25) is 11.8 Å². The molecule has 6 heteroatoms. The lowest BCUT2D eigenvalue weighted by Gasteiger charge is -2.56. The summed E-state index contributed by atoms with van der Waals surface area (Å²) < 4.78 is 0. The second-order valence-electron chi connectivity index (χ2n) is 8.53. The molecule has 1 N–H and O–H groups in total. The van der Waals surface area contributed by atoms with E-state index in [-0.39, 0.29) is 17.9 Å². The SMILES string of the molecule is CC(=O)NC[C@H]1[C@H]2C[C@H](CN(Cc3cccc(C#N)c3)C2)[C@@H]2CCCC(=O)N21. The topological polar surface area (TPSA) is 76.4 Å². The lowest BCUT2D eigenvalue weighted by atomic mass is 9.72. The second-order valence-corrected chi connectivity index (χ2v) is 8.53. The van der Waals surface area contributed by atoms with Crippen LogP contribution in [0.5, 0.6) is 0 Å². The van der Waals surface area contributed by atoms with E-state index >= 15 is 0 Å². The summed E-state index contributed by atoms with van der Waals surface area (Å²) in [7, 11) is 0. The van der Waals surface area contributed by atoms with Crippen LogP contribution in [-0.2, 0) is 16.1 Å². The van der Waals surface area contributed by atoms with Gasteiger partial charge in [0.25, 0.3) is 0 Å². The first-order valence-corrected chi connectivity index (χ1v) is 10.3. The van der Waals surface area contributed by atoms with Gasteiger partial charge in [-0.3, -0.25) is 14.5 Å². The molecule has 1 aromatic rings. The predicted octanol–water partition coefficient (Wildman–Crippen LogP) is 1.90. The lowest BCUT2D eigenvalue weighted by Crippen LogP contribution is -2.66. The van der Waals surface area contributed by atoms with Gasteiger partial charge < -0.3 is 10.2 Å². The highest BCUT2D eigenvalue weighted by atomic mass is 16.2. The van der Waals surface area contributed by atoms with Crippen LogP contribution in [0.15, 0.2) is 24.3 Å². The standard InChI is InChI=1S/C22H28N4O2/c1-15(27)24-11-21-19-9-18(20-6-3-7-22(28)26(20)21)13-25(14-19)12-17-5-2-4-16(8-17)10-23/h2,4-5,8,18-21H,3,6-7,9,11-14H2,1H3,(H,24,27)/t18-,19+,20+,21+/m1/s1. The van der Waals surface area contributed by atoms with E-state index in [4.69, 9.17) is 5.26 Å². The van der Waals surface area contributed by atoms with Crippen LogP contribution in [0.4, 0.5) is 0 Å². The minimum atomic E-state index is -0.0379. The van der Waals surface area contributed by atoms with Gasteiger partial charge in [0.05, 0.1) is 17.7 Å². The van der Waals surface area contributed by atoms with Gasteiger partial charge in [0.1, 0.15) is 0 Å². The highest BCUT2D eigenvalue weighted by Gasteiger charge is 2.49. The van der Waals surface area contributed by atoms with E-state index < -0.39 is 0 Å². The third kappa shape index (κ3) is 3.77. The van der Waals surface area contributed by atoms with E-state index in [9.17, 15) is 9.59 Å². The summed E-state index contributed by atoms with van der Waals surface area (Å²) in [5.74, 6) is 1.10. The Morgan fingerprint density at radius 2 is 2.14 bits per heavy atom. The van der Waals surface area contributed by atoms with Crippen molar-refractivity contribution in [3.8, 4) is 6.07 Å². The first kappa shape index (κ1) is 18.9. The molecule has 148 valence electrons. The summed E-state index contributed by atoms with van der Waals surface area (Å²) >= 11 is 0. The fraction of sp³-hybridized carbons (Fsp3) is 0.591. The van der Waals surface area contributed by atoms with Crippen molar-refractivity contribution in [2.24, 2.45) is 11.8 Å². The minimum absolute atomic E-state index is 0.0379. The Morgan fingerprint density at radius 3 is 2.93 bits per heavy atom. The number of likely N-dealkylation sites (tertiary alicyclic amines) is 1. The fourth-order valence-corrected chi connectivity index (χ4v) is 5.51. The molecular weight excluding hydrogens is 352 g/mol. The van der Waals surface area contributed by atoms with Gasteiger partial charge in [-0.05, 0) is 48.8 Å². The quantitative estimate of drug-likeness (QED) is 0.866. The number of carbonyl (C=O) groups is 2. The smallest absolute Gasteiger partial charge is 0.223 e. The van der Waals surface area contributed by atoms with E-state index in [2.05, 4.69) is 27.3 Å². The molecule has 0 aliphatic carbocycles. The molecule has 3 heterocycles. The van der Waals surface area contributed by atoms with Gasteiger partial charge in [-0.1, -0.05) is 12.1 Å². The molecule has 3 fully saturated rings. The zero-order valence-corrected chi connectivity index (χ0v) is 16.4. The number of nitrogens with one attached hydrogen (secondary N) is 1. The summed E-state index contributed by atoms with van der Waals surface area (Å²) in [5, 5.41) is 12.1. The molecule has 0 saturated carbocycles. The number of nitrogens with zero attached hydrogens (tertiary/aromatic N) is 3. The summed E-state index contributed by atoms with van der Waals surface area (Å²) in [6.45, 7) is 4.84. The molecule has 1 aromatic carbocycles. The Labute approximate surface area is 166 Å². The molecule has 3 saturated heterocycles. The average Bonchev–Trinajstić information content (AvgIpc) is 2.68. The highest BCUT2D eigenvalue weighted by Crippen LogP contribution is 2.41. The number of fused-ring (bicyclic) bond motifs is 4. The molecule has 0 unspecified atom stereocenters. The lowest BCUT2D eigenvalue weighted by molar-refractivity contribution is -0.153. The van der Waals surface area contributed by atoms with Crippen molar-refractivity contribution < 1.29 is 9.59 Å². The molecule has 28 heavy (non-hydrogen) atoms. The summed E-state index contributed by atoms with van der Waals surface area (Å²) in [4.78, 5) is 28.9. The molecular formula is C22H28N4O2. The van der Waals surface area contributed by atoms with E-state index in [1.165, 1.54) is 6.92 Å². The number of piperidine rings is 3. The highest BCUT2D eigenvalue weighted by molar-refractivity contribution is 5.78. The summed E-state index contributed by atoms with van der Waals surface area (Å²) in [5.41, 5.74) is 1.86. The molecule has 3 aliphatic heterocycles. The molecule has 4 rings (SSSR count). The summed E-state index contributed by atoms with van der Waals surface area (Å²) in [6.07, 6.45) is 3.81. The van der Waals surface area contributed by atoms with Crippen molar-refractivity contribution in [3.05, 3.63) is 35.4 Å². The van der Waals surface area contributed by atoms with Crippen LogP contribution in [0.3, 0.4) is 0 Å². The van der Waals surface area contributed by atoms with Crippen LogP contribution in [0.25, 0.3) is 0 Å². The molecule has 2 amide bonds. The zero-order valence-electron chi connectivity index (χ0n) is 16.4. The number of hydrogen-bond acceptors (Lipinski definition) is 4. The maximum absolute atomic E-state index is 12.7. The predicted molar refractivity (Wildman–Crippen MR) is 105 cm³/mol. The molecule has 2 bridgehead atoms. The van der Waals surface area contributed by atoms with E-state index in [1.54, 1.807) is 0 Å². The molecule has 6 nitrogen and oxygen atoms in total. The van der Waals surface area contributed by atoms with Crippen molar-refractivity contribution >= 4 is 11.8 Å². The molecule has 4 atom stereocenters. The Bertz CT molecular complexity index is 802. The molecule has 0 radical (unpaired) electrons. The molecule has 0 aromatic heterocycles. The van der Waals surface area contributed by atoms with Crippen LogP contribution in [0, 0.1) is 23.2 Å². The van der Waals surface area contributed by atoms with Gasteiger partial charge in [-0.2, -0.15) is 5.26 Å². The first-order chi connectivity index (χ1) is 13.5. The number of rotatable bonds is 4. The number of hydrogen-bond donors (Lipinski definition) is 1. The van der Waals surface area contributed by atoms with E-state index in [0.717, 1.165) is 44.5 Å². The Hall–Kier alpha value is -2.39. The maximum Gasteiger partial charge on any atom is 0.223 e. The second kappa shape index (κ2) is 7.92. The number of nitriles is 1. The number of carbonyl (C=O) groups excluding carboxylic acids is 2. The van der Waals surface area contributed by atoms with Crippen LogP contribution in [-0.4, -0.2) is 53.3 Å². The molecule has 0 spiro atoms. The van der Waals surface area contributed by atoms with Crippen molar-refractivity contribution in [2.45, 2.75) is 51.2 Å². The minimum Gasteiger partial charge on any atom is -0.354 e. The van der Waals surface area contributed by atoms with Gasteiger partial charge >= 0.3 is 0 Å². The average molecular weight is 380 g/mol. The van der Waals surface area contributed by atoms with Crippen LogP contribution >= 0.6 is 0 Å². The maximum atomic E-state index is 12.7. The van der Waals surface area contributed by atoms with Gasteiger partial charge in [0.15, 0.2) is 0 Å². The van der Waals surface area contributed by atoms with E-state index in [0.29, 0.717) is 36.4 Å². The molecule has 3 aliphatic rings. The largest absolute Gasteiger partial charge is 0.354 e. The Balaban J connectivity index is 1.54. The van der Waals surface area contributed by atoms with Gasteiger partial charge in [0, 0.05) is 45.6 Å². The number of benzene rings is 1. The van der Waals surface area contributed by atoms with Crippen LogP contribution < -0.4 is 5.32 Å². The van der Waals surface area contributed by atoms with Crippen molar-refractivity contribution in [1.29, 1.82) is 5.26 Å². The van der Waals surface area contributed by atoms with Crippen molar-refractivity contribution in [2.75, 3.05) is 19.6 Å². The van der Waals surface area contributed by atoms with Crippen LogP contribution in [0.2, 0.25) is 0 Å². The van der Waals surface area contributed by atoms with Gasteiger partial charge in [-0.15, -0.1) is 0 Å². The Kier molecular flexibility index (Phi) is 5.36. The zero-order chi connectivity index (χ0) is 19.7. The Morgan fingerprint density at radius 1 is 1.32 bits per heavy atom. The monoisotopic (exact) mass is 380 g/mol. The third-order valence-corrected chi connectivity index (χ3v) is 6.59. The fourth-order valence-electron chi connectivity index (χ4n) is 5.51. The van der Waals surface area contributed by atoms with Crippen molar-refractivity contribution in [3.63, 3.8) is 0 Å². The van der Waals surface area contributed by atoms with E-state index in [1.807, 2.05) is 18.2 Å². The van der Waals surface area contributed by atoms with Gasteiger partial charge in [-0.25, -0.2) is 0 Å². The normalized spacial score (nSPS) is 29.7. The van der Waals surface area contributed by atoms with Crippen molar-refractivity contribution in [1.82, 2.24) is 15.1 Å².